The Balaban J connectivity index is 2.03. The molecule has 0 spiro atoms. The highest BCUT2D eigenvalue weighted by atomic mass is 32.2. The molecule has 0 aliphatic carbocycles. The van der Waals surface area contributed by atoms with Crippen molar-refractivity contribution in [2.24, 2.45) is 7.05 Å². The van der Waals surface area contributed by atoms with Crippen molar-refractivity contribution in [1.82, 2.24) is 9.29 Å². The first-order valence-corrected chi connectivity index (χ1v) is 8.83. The number of anilines is 1. The molecule has 1 aromatic heterocycles. The van der Waals surface area contributed by atoms with Gasteiger partial charge in [-0.3, -0.25) is 4.79 Å². The molecule has 132 valence electrons. The molecule has 0 saturated heterocycles. The minimum Gasteiger partial charge on any atom is -0.345 e. The molecule has 1 aliphatic rings. The van der Waals surface area contributed by atoms with Crippen LogP contribution in [0.15, 0.2) is 35.4 Å². The Morgan fingerprint density at radius 2 is 2.00 bits per heavy atom. The van der Waals surface area contributed by atoms with Gasteiger partial charge in [0.15, 0.2) is 11.6 Å². The predicted octanol–water partition coefficient (Wildman–Crippen LogP) is 2.25. The molecule has 0 saturated carbocycles. The summed E-state index contributed by atoms with van der Waals surface area (Å²) < 4.78 is 54.8. The van der Waals surface area contributed by atoms with E-state index in [4.69, 9.17) is 0 Å². The number of sulfonamides is 1. The molecule has 0 bridgehead atoms. The van der Waals surface area contributed by atoms with Crippen LogP contribution in [0.2, 0.25) is 0 Å². The van der Waals surface area contributed by atoms with Crippen molar-refractivity contribution in [2.75, 3.05) is 5.32 Å². The van der Waals surface area contributed by atoms with E-state index in [-0.39, 0.29) is 21.8 Å². The fourth-order valence-electron chi connectivity index (χ4n) is 2.63. The van der Waals surface area contributed by atoms with Crippen molar-refractivity contribution < 1.29 is 22.0 Å². The highest BCUT2D eigenvalue weighted by molar-refractivity contribution is 7.89. The van der Waals surface area contributed by atoms with E-state index in [1.165, 1.54) is 23.9 Å². The van der Waals surface area contributed by atoms with Crippen molar-refractivity contribution in [3.05, 3.63) is 53.4 Å². The number of carbonyl (C=O) groups is 1. The number of amides is 1. The average molecular weight is 367 g/mol. The van der Waals surface area contributed by atoms with E-state index in [0.717, 1.165) is 12.1 Å². The van der Waals surface area contributed by atoms with Crippen LogP contribution in [0.5, 0.6) is 0 Å². The zero-order chi connectivity index (χ0) is 18.4. The SMILES string of the molecule is CC1C=Cc2c(cn(C)c2C(=O)Nc2ccc(F)c(F)c2)S(=O)(=O)N1. The monoisotopic (exact) mass is 367 g/mol. The van der Waals surface area contributed by atoms with Crippen molar-refractivity contribution in [3.63, 3.8) is 0 Å². The Morgan fingerprint density at radius 3 is 2.68 bits per heavy atom. The summed E-state index contributed by atoms with van der Waals surface area (Å²) in [6.45, 7) is 1.67. The fraction of sp³-hybridized carbons (Fsp3) is 0.188. The maximum Gasteiger partial charge on any atom is 0.272 e. The summed E-state index contributed by atoms with van der Waals surface area (Å²) >= 11 is 0. The van der Waals surface area contributed by atoms with E-state index in [1.54, 1.807) is 19.1 Å². The molecule has 2 N–H and O–H groups in total. The minimum absolute atomic E-state index is 0.0222. The number of aromatic nitrogens is 1. The van der Waals surface area contributed by atoms with Gasteiger partial charge in [0.1, 0.15) is 10.6 Å². The Bertz CT molecular complexity index is 996. The van der Waals surface area contributed by atoms with Crippen LogP contribution in [-0.4, -0.2) is 24.9 Å². The van der Waals surface area contributed by atoms with Crippen LogP contribution in [0.3, 0.4) is 0 Å². The molecule has 1 unspecified atom stereocenters. The van der Waals surface area contributed by atoms with E-state index in [9.17, 15) is 22.0 Å². The van der Waals surface area contributed by atoms with Gasteiger partial charge in [-0.05, 0) is 19.1 Å². The third-order valence-electron chi connectivity index (χ3n) is 3.76. The van der Waals surface area contributed by atoms with Crippen LogP contribution in [0.4, 0.5) is 14.5 Å². The van der Waals surface area contributed by atoms with Crippen LogP contribution >= 0.6 is 0 Å². The van der Waals surface area contributed by atoms with Gasteiger partial charge in [-0.15, -0.1) is 0 Å². The number of hydrogen-bond donors (Lipinski definition) is 2. The van der Waals surface area contributed by atoms with Gasteiger partial charge >= 0.3 is 0 Å². The van der Waals surface area contributed by atoms with Crippen molar-refractivity contribution in [3.8, 4) is 0 Å². The Hall–Kier alpha value is -2.52. The minimum atomic E-state index is -3.77. The smallest absolute Gasteiger partial charge is 0.272 e. The van der Waals surface area contributed by atoms with E-state index in [2.05, 4.69) is 10.0 Å². The number of hydrogen-bond acceptors (Lipinski definition) is 3. The number of carbonyl (C=O) groups excluding carboxylic acids is 1. The number of benzene rings is 1. The van der Waals surface area contributed by atoms with Crippen LogP contribution in [-0.2, 0) is 17.1 Å². The van der Waals surface area contributed by atoms with Crippen molar-refractivity contribution >= 4 is 27.7 Å². The maximum absolute atomic E-state index is 13.3. The highest BCUT2D eigenvalue weighted by Crippen LogP contribution is 2.27. The Kier molecular flexibility index (Phi) is 4.21. The molecule has 1 atom stereocenters. The maximum atomic E-state index is 13.3. The second-order valence-corrected chi connectivity index (χ2v) is 7.40. The standard InChI is InChI=1S/C16H15F2N3O3S/c1-9-3-5-11-14(25(23,24)20-9)8-21(2)15(11)16(22)19-10-4-6-12(17)13(18)7-10/h3-9,20H,1-2H3,(H,19,22). The molecule has 3 rings (SSSR count). The van der Waals surface area contributed by atoms with E-state index in [0.29, 0.717) is 0 Å². The zero-order valence-corrected chi connectivity index (χ0v) is 14.2. The Morgan fingerprint density at radius 1 is 1.28 bits per heavy atom. The third-order valence-corrected chi connectivity index (χ3v) is 5.35. The largest absolute Gasteiger partial charge is 0.345 e. The van der Waals surface area contributed by atoms with Crippen LogP contribution in [0.1, 0.15) is 23.0 Å². The van der Waals surface area contributed by atoms with Crippen LogP contribution in [0, 0.1) is 11.6 Å². The molecule has 1 aromatic carbocycles. The van der Waals surface area contributed by atoms with E-state index in [1.807, 2.05) is 0 Å². The first-order chi connectivity index (χ1) is 11.7. The summed E-state index contributed by atoms with van der Waals surface area (Å²) in [5.41, 5.74) is 0.390. The van der Waals surface area contributed by atoms with Gasteiger partial charge in [0.05, 0.1) is 0 Å². The van der Waals surface area contributed by atoms with Gasteiger partial charge in [-0.2, -0.15) is 0 Å². The summed E-state index contributed by atoms with van der Waals surface area (Å²) in [6.07, 6.45) is 4.51. The second-order valence-electron chi connectivity index (χ2n) is 5.72. The lowest BCUT2D eigenvalue weighted by molar-refractivity contribution is 0.101. The molecule has 0 fully saturated rings. The molecular weight excluding hydrogens is 352 g/mol. The lowest BCUT2D eigenvalue weighted by Gasteiger charge is -2.08. The molecular formula is C16H15F2N3O3S. The van der Waals surface area contributed by atoms with Crippen molar-refractivity contribution in [1.29, 1.82) is 0 Å². The second kappa shape index (κ2) is 6.08. The van der Waals surface area contributed by atoms with E-state index < -0.39 is 33.6 Å². The molecule has 6 nitrogen and oxygen atoms in total. The summed E-state index contributed by atoms with van der Waals surface area (Å²) in [4.78, 5) is 12.5. The molecule has 2 aromatic rings. The number of aryl methyl sites for hydroxylation is 1. The molecule has 2 heterocycles. The lowest BCUT2D eigenvalue weighted by Crippen LogP contribution is -2.30. The van der Waals surface area contributed by atoms with Gasteiger partial charge < -0.3 is 9.88 Å². The highest BCUT2D eigenvalue weighted by Gasteiger charge is 2.29. The summed E-state index contributed by atoms with van der Waals surface area (Å²) in [7, 11) is -2.24. The summed E-state index contributed by atoms with van der Waals surface area (Å²) in [6, 6.07) is 2.54. The lowest BCUT2D eigenvalue weighted by atomic mass is 10.2. The number of halogens is 2. The van der Waals surface area contributed by atoms with Crippen LogP contribution in [0.25, 0.3) is 6.08 Å². The first kappa shape index (κ1) is 17.3. The number of fused-ring (bicyclic) bond motifs is 1. The van der Waals surface area contributed by atoms with Gasteiger partial charge in [0.25, 0.3) is 5.91 Å². The number of rotatable bonds is 2. The number of nitrogens with one attached hydrogen (secondary N) is 2. The molecule has 1 aliphatic heterocycles. The van der Waals surface area contributed by atoms with Crippen molar-refractivity contribution in [2.45, 2.75) is 17.9 Å². The number of nitrogens with zero attached hydrogens (tertiary/aromatic N) is 1. The fourth-order valence-corrected chi connectivity index (χ4v) is 4.07. The van der Waals surface area contributed by atoms with Gasteiger partial charge in [0.2, 0.25) is 10.0 Å². The zero-order valence-electron chi connectivity index (χ0n) is 13.4. The topological polar surface area (TPSA) is 80.2 Å². The average Bonchev–Trinajstić information content (AvgIpc) is 2.81. The quantitative estimate of drug-likeness (QED) is 0.854. The van der Waals surface area contributed by atoms with Gasteiger partial charge in [-0.1, -0.05) is 12.2 Å². The predicted molar refractivity (Wildman–Crippen MR) is 88.5 cm³/mol. The summed E-state index contributed by atoms with van der Waals surface area (Å²) in [5.74, 6) is -2.76. The first-order valence-electron chi connectivity index (χ1n) is 7.35. The Labute approximate surface area is 143 Å². The molecule has 25 heavy (non-hydrogen) atoms. The third kappa shape index (κ3) is 3.20. The van der Waals surface area contributed by atoms with Gasteiger partial charge in [0, 0.05) is 36.6 Å². The molecule has 1 amide bonds. The van der Waals surface area contributed by atoms with Gasteiger partial charge in [-0.25, -0.2) is 21.9 Å². The van der Waals surface area contributed by atoms with E-state index >= 15 is 0 Å². The normalized spacial score (nSPS) is 18.5. The molecule has 0 radical (unpaired) electrons. The summed E-state index contributed by atoms with van der Waals surface area (Å²) in [5, 5.41) is 2.45. The van der Waals surface area contributed by atoms with Crippen LogP contribution < -0.4 is 10.0 Å². The molecule has 9 heteroatoms.